The van der Waals surface area contributed by atoms with Crippen LogP contribution >= 0.6 is 12.4 Å². The third-order valence-corrected chi connectivity index (χ3v) is 3.10. The van der Waals surface area contributed by atoms with Gasteiger partial charge in [0.15, 0.2) is 11.5 Å². The van der Waals surface area contributed by atoms with Gasteiger partial charge in [0.05, 0.1) is 32.4 Å². The number of nitrogens with one attached hydrogen (secondary N) is 1. The zero-order chi connectivity index (χ0) is 15.6. The van der Waals surface area contributed by atoms with Crippen molar-refractivity contribution in [3.05, 3.63) is 24.7 Å². The van der Waals surface area contributed by atoms with E-state index in [0.29, 0.717) is 12.4 Å². The quantitative estimate of drug-likeness (QED) is 0.921. The number of halogens is 1. The van der Waals surface area contributed by atoms with E-state index in [9.17, 15) is 0 Å². The summed E-state index contributed by atoms with van der Waals surface area (Å²) in [5, 5.41) is 4.11. The number of hydrogen-bond acceptors (Lipinski definition) is 6. The normalized spacial score (nSPS) is 13.5. The van der Waals surface area contributed by atoms with Crippen LogP contribution in [0.1, 0.15) is 13.3 Å². The summed E-state index contributed by atoms with van der Waals surface area (Å²) in [5.41, 5.74) is 0.857. The molecule has 1 aliphatic heterocycles. The third kappa shape index (κ3) is 6.17. The number of morpholine rings is 1. The van der Waals surface area contributed by atoms with E-state index in [4.69, 9.17) is 14.2 Å². The molecule has 2 heterocycles. The summed E-state index contributed by atoms with van der Waals surface area (Å²) < 4.78 is 15.9. The summed E-state index contributed by atoms with van der Waals surface area (Å²) in [4.78, 5) is 8.15. The van der Waals surface area contributed by atoms with Crippen LogP contribution in [0.3, 0.4) is 0 Å². The van der Waals surface area contributed by atoms with Gasteiger partial charge in [-0.25, -0.2) is 9.97 Å². The molecule has 23 heavy (non-hydrogen) atoms. The van der Waals surface area contributed by atoms with Gasteiger partial charge in [0.1, 0.15) is 6.33 Å². The number of rotatable bonds is 4. The van der Waals surface area contributed by atoms with Gasteiger partial charge in [0.25, 0.3) is 0 Å². The maximum absolute atomic E-state index is 5.60. The zero-order valence-corrected chi connectivity index (χ0v) is 14.4. The molecule has 1 fully saturated rings. The SMILES string of the molecule is C1COCCN1.CCCOc1cc2cncnc2cc1OC.Cl. The van der Waals surface area contributed by atoms with Gasteiger partial charge in [0, 0.05) is 30.7 Å². The third-order valence-electron chi connectivity index (χ3n) is 3.10. The molecular formula is C16H24ClN3O3. The van der Waals surface area contributed by atoms with E-state index in [1.165, 1.54) is 6.33 Å². The van der Waals surface area contributed by atoms with Crippen molar-refractivity contribution in [3.63, 3.8) is 0 Å². The summed E-state index contributed by atoms with van der Waals surface area (Å²) >= 11 is 0. The van der Waals surface area contributed by atoms with E-state index in [0.717, 1.165) is 49.4 Å². The van der Waals surface area contributed by atoms with Crippen molar-refractivity contribution in [2.45, 2.75) is 13.3 Å². The second-order valence-electron chi connectivity index (χ2n) is 4.80. The summed E-state index contributed by atoms with van der Waals surface area (Å²) in [6.07, 6.45) is 4.25. The summed E-state index contributed by atoms with van der Waals surface area (Å²) in [6, 6.07) is 3.77. The van der Waals surface area contributed by atoms with Crippen molar-refractivity contribution in [2.24, 2.45) is 0 Å². The molecule has 1 aliphatic rings. The molecule has 0 aliphatic carbocycles. The molecule has 0 radical (unpaired) electrons. The van der Waals surface area contributed by atoms with E-state index in [2.05, 4.69) is 22.2 Å². The number of methoxy groups -OCH3 is 1. The minimum Gasteiger partial charge on any atom is -0.493 e. The minimum atomic E-state index is 0. The second kappa shape index (κ2) is 11.0. The summed E-state index contributed by atoms with van der Waals surface area (Å²) in [6.45, 7) is 6.58. The van der Waals surface area contributed by atoms with Crippen LogP contribution < -0.4 is 14.8 Å². The average molecular weight is 342 g/mol. The molecule has 3 rings (SSSR count). The first-order valence-corrected chi connectivity index (χ1v) is 7.54. The van der Waals surface area contributed by atoms with Crippen molar-refractivity contribution in [1.82, 2.24) is 15.3 Å². The topological polar surface area (TPSA) is 65.5 Å². The number of hydrogen-bond donors (Lipinski definition) is 1. The second-order valence-corrected chi connectivity index (χ2v) is 4.80. The fourth-order valence-electron chi connectivity index (χ4n) is 1.99. The molecule has 0 spiro atoms. The molecule has 7 heteroatoms. The van der Waals surface area contributed by atoms with Crippen molar-refractivity contribution < 1.29 is 14.2 Å². The zero-order valence-electron chi connectivity index (χ0n) is 13.6. The first-order valence-electron chi connectivity index (χ1n) is 7.54. The fourth-order valence-corrected chi connectivity index (χ4v) is 1.99. The molecule has 0 atom stereocenters. The van der Waals surface area contributed by atoms with Crippen molar-refractivity contribution in [3.8, 4) is 11.5 Å². The summed E-state index contributed by atoms with van der Waals surface area (Å²) in [5.74, 6) is 1.45. The first-order chi connectivity index (χ1) is 10.8. The number of fused-ring (bicyclic) bond motifs is 1. The van der Waals surface area contributed by atoms with Crippen LogP contribution in [0.2, 0.25) is 0 Å². The lowest BCUT2D eigenvalue weighted by molar-refractivity contribution is 0.109. The van der Waals surface area contributed by atoms with Gasteiger partial charge in [-0.05, 0) is 12.5 Å². The van der Waals surface area contributed by atoms with Crippen LogP contribution in [0.15, 0.2) is 24.7 Å². The average Bonchev–Trinajstić information content (AvgIpc) is 2.61. The Hall–Kier alpha value is -1.63. The van der Waals surface area contributed by atoms with Crippen molar-refractivity contribution in [2.75, 3.05) is 40.0 Å². The van der Waals surface area contributed by atoms with E-state index in [1.54, 1.807) is 13.3 Å². The Morgan fingerprint density at radius 3 is 2.57 bits per heavy atom. The molecule has 0 unspecified atom stereocenters. The van der Waals surface area contributed by atoms with Gasteiger partial charge in [-0.3, -0.25) is 0 Å². The minimum absolute atomic E-state index is 0. The Labute approximate surface area is 143 Å². The van der Waals surface area contributed by atoms with E-state index < -0.39 is 0 Å². The van der Waals surface area contributed by atoms with Crippen LogP contribution in [-0.4, -0.2) is 50.0 Å². The predicted octanol–water partition coefficient (Wildman–Crippen LogP) is 2.46. The van der Waals surface area contributed by atoms with Gasteiger partial charge in [-0.1, -0.05) is 6.92 Å². The monoisotopic (exact) mass is 341 g/mol. The molecule has 0 amide bonds. The lowest BCUT2D eigenvalue weighted by atomic mass is 10.2. The molecule has 2 aromatic rings. The van der Waals surface area contributed by atoms with Crippen molar-refractivity contribution >= 4 is 23.3 Å². The Morgan fingerprint density at radius 2 is 2.00 bits per heavy atom. The number of ether oxygens (including phenoxy) is 3. The van der Waals surface area contributed by atoms with Crippen LogP contribution in [0.25, 0.3) is 10.9 Å². The Morgan fingerprint density at radius 1 is 1.22 bits per heavy atom. The fraction of sp³-hybridized carbons (Fsp3) is 0.500. The van der Waals surface area contributed by atoms with E-state index in [-0.39, 0.29) is 12.4 Å². The van der Waals surface area contributed by atoms with Gasteiger partial charge in [-0.15, -0.1) is 12.4 Å². The Kier molecular flexibility index (Phi) is 9.28. The maximum atomic E-state index is 5.60. The van der Waals surface area contributed by atoms with E-state index >= 15 is 0 Å². The lowest BCUT2D eigenvalue weighted by Gasteiger charge is -2.10. The van der Waals surface area contributed by atoms with Crippen LogP contribution in [-0.2, 0) is 4.74 Å². The highest BCUT2D eigenvalue weighted by Gasteiger charge is 2.07. The molecular weight excluding hydrogens is 318 g/mol. The van der Waals surface area contributed by atoms with Gasteiger partial charge < -0.3 is 19.5 Å². The standard InChI is InChI=1S/C12H14N2O2.C4H9NO.ClH/c1-3-4-16-12-5-9-7-13-8-14-10(9)6-11(12)15-2;1-3-6-4-2-5-1;/h5-8H,3-4H2,1-2H3;5H,1-4H2;1H. The highest BCUT2D eigenvalue weighted by Crippen LogP contribution is 2.31. The first kappa shape index (κ1) is 19.4. The molecule has 1 aromatic carbocycles. The maximum Gasteiger partial charge on any atom is 0.162 e. The van der Waals surface area contributed by atoms with Gasteiger partial charge >= 0.3 is 0 Å². The van der Waals surface area contributed by atoms with Crippen LogP contribution in [0, 0.1) is 0 Å². The van der Waals surface area contributed by atoms with Crippen molar-refractivity contribution in [1.29, 1.82) is 0 Å². The van der Waals surface area contributed by atoms with Crippen LogP contribution in [0.5, 0.6) is 11.5 Å². The van der Waals surface area contributed by atoms with Crippen LogP contribution in [0.4, 0.5) is 0 Å². The largest absolute Gasteiger partial charge is 0.493 e. The molecule has 6 nitrogen and oxygen atoms in total. The molecule has 0 saturated carbocycles. The highest BCUT2D eigenvalue weighted by atomic mass is 35.5. The smallest absolute Gasteiger partial charge is 0.162 e. The molecule has 128 valence electrons. The number of benzene rings is 1. The predicted molar refractivity (Wildman–Crippen MR) is 92.8 cm³/mol. The lowest BCUT2D eigenvalue weighted by Crippen LogP contribution is -2.30. The highest BCUT2D eigenvalue weighted by molar-refractivity contribution is 5.85. The van der Waals surface area contributed by atoms with E-state index in [1.807, 2.05) is 12.1 Å². The molecule has 1 saturated heterocycles. The number of nitrogens with zero attached hydrogens (tertiary/aromatic N) is 2. The Balaban J connectivity index is 0.000000320. The Bertz CT molecular complexity index is 568. The van der Waals surface area contributed by atoms with Gasteiger partial charge in [-0.2, -0.15) is 0 Å². The summed E-state index contributed by atoms with van der Waals surface area (Å²) in [7, 11) is 1.63. The van der Waals surface area contributed by atoms with Gasteiger partial charge in [0.2, 0.25) is 0 Å². The molecule has 1 aromatic heterocycles. The number of aromatic nitrogens is 2. The molecule has 0 bridgehead atoms. The molecule has 1 N–H and O–H groups in total.